The highest BCUT2D eigenvalue weighted by Crippen LogP contribution is 2.27. The molecular formula is C16H22N4O. The maximum atomic E-state index is 11.3. The Morgan fingerprint density at radius 1 is 1.29 bits per heavy atom. The summed E-state index contributed by atoms with van der Waals surface area (Å²) in [6, 6.07) is 8.09. The van der Waals surface area contributed by atoms with Crippen molar-refractivity contribution in [1.82, 2.24) is 4.98 Å². The Morgan fingerprint density at radius 2 is 2.00 bits per heavy atom. The van der Waals surface area contributed by atoms with Gasteiger partial charge in [-0.3, -0.25) is 10.2 Å². The first-order valence-corrected chi connectivity index (χ1v) is 7.13. The van der Waals surface area contributed by atoms with Gasteiger partial charge in [-0.1, -0.05) is 25.1 Å². The first-order valence-electron chi connectivity index (χ1n) is 7.13. The lowest BCUT2D eigenvalue weighted by atomic mass is 9.83. The van der Waals surface area contributed by atoms with Crippen LogP contribution in [0.25, 0.3) is 10.9 Å². The normalized spacial score (nSPS) is 14.0. The fourth-order valence-corrected chi connectivity index (χ4v) is 2.83. The number of amidine groups is 1. The number of nitrogens with one attached hydrogen (secondary N) is 2. The zero-order chi connectivity index (χ0) is 15.4. The number of carbonyl (C=O) groups excluding carboxylic acids is 1. The number of primary amides is 1. The van der Waals surface area contributed by atoms with E-state index in [1.54, 1.807) is 0 Å². The summed E-state index contributed by atoms with van der Waals surface area (Å²) in [4.78, 5) is 14.6. The number of H-pyrrole nitrogens is 1. The van der Waals surface area contributed by atoms with Crippen molar-refractivity contribution in [2.75, 3.05) is 0 Å². The SMILES string of the molecule is CC(CC(=N)N)C(CC(N)=O)Cc1c[nH]c2ccccc12. The molecule has 112 valence electrons. The Hall–Kier alpha value is -2.30. The fraction of sp³-hybridized carbons (Fsp3) is 0.375. The van der Waals surface area contributed by atoms with Crippen LogP contribution in [0.1, 0.15) is 25.3 Å². The fourth-order valence-electron chi connectivity index (χ4n) is 2.83. The number of hydrogen-bond donors (Lipinski definition) is 4. The minimum Gasteiger partial charge on any atom is -0.388 e. The van der Waals surface area contributed by atoms with E-state index >= 15 is 0 Å². The summed E-state index contributed by atoms with van der Waals surface area (Å²) in [5.74, 6) is 0.0698. The topological polar surface area (TPSA) is 109 Å². The van der Waals surface area contributed by atoms with Gasteiger partial charge in [0.1, 0.15) is 0 Å². The number of amides is 1. The number of para-hydroxylation sites is 1. The highest BCUT2D eigenvalue weighted by Gasteiger charge is 2.22. The minimum atomic E-state index is -0.310. The van der Waals surface area contributed by atoms with Crippen molar-refractivity contribution < 1.29 is 4.79 Å². The van der Waals surface area contributed by atoms with E-state index in [-0.39, 0.29) is 23.6 Å². The van der Waals surface area contributed by atoms with Crippen LogP contribution in [-0.2, 0) is 11.2 Å². The number of fused-ring (bicyclic) bond motifs is 1. The molecule has 0 spiro atoms. The monoisotopic (exact) mass is 286 g/mol. The molecule has 0 bridgehead atoms. The quantitative estimate of drug-likeness (QED) is 0.462. The Balaban J connectivity index is 2.21. The lowest BCUT2D eigenvalue weighted by Crippen LogP contribution is -2.26. The Kier molecular flexibility index (Phi) is 4.62. The van der Waals surface area contributed by atoms with Crippen LogP contribution < -0.4 is 11.5 Å². The zero-order valence-electron chi connectivity index (χ0n) is 12.2. The van der Waals surface area contributed by atoms with Gasteiger partial charge >= 0.3 is 0 Å². The predicted molar refractivity (Wildman–Crippen MR) is 85.0 cm³/mol. The molecule has 2 rings (SSSR count). The molecule has 1 aromatic heterocycles. The second-order valence-corrected chi connectivity index (χ2v) is 5.70. The second kappa shape index (κ2) is 6.43. The molecule has 0 saturated carbocycles. The van der Waals surface area contributed by atoms with Gasteiger partial charge in [-0.05, 0) is 29.9 Å². The summed E-state index contributed by atoms with van der Waals surface area (Å²) in [7, 11) is 0. The van der Waals surface area contributed by atoms with Gasteiger partial charge in [0.25, 0.3) is 0 Å². The molecule has 5 heteroatoms. The molecule has 5 nitrogen and oxygen atoms in total. The smallest absolute Gasteiger partial charge is 0.217 e. The van der Waals surface area contributed by atoms with E-state index in [1.807, 2.05) is 31.3 Å². The molecule has 0 saturated heterocycles. The molecule has 1 aromatic carbocycles. The van der Waals surface area contributed by atoms with Crippen LogP contribution >= 0.6 is 0 Å². The molecule has 6 N–H and O–H groups in total. The Bertz CT molecular complexity index is 647. The molecular weight excluding hydrogens is 264 g/mol. The van der Waals surface area contributed by atoms with Crippen molar-refractivity contribution >= 4 is 22.6 Å². The molecule has 0 fully saturated rings. The van der Waals surface area contributed by atoms with Crippen molar-refractivity contribution in [3.63, 3.8) is 0 Å². The number of aromatic amines is 1. The van der Waals surface area contributed by atoms with Crippen molar-refractivity contribution in [2.45, 2.75) is 26.2 Å². The number of rotatable bonds is 7. The molecule has 2 aromatic rings. The van der Waals surface area contributed by atoms with Crippen LogP contribution in [0.15, 0.2) is 30.5 Å². The van der Waals surface area contributed by atoms with Crippen LogP contribution in [0, 0.1) is 17.2 Å². The average Bonchev–Trinajstić information content (AvgIpc) is 2.80. The standard InChI is InChI=1S/C16H22N4O/c1-10(6-15(17)18)11(8-16(19)21)7-12-9-20-14-5-3-2-4-13(12)14/h2-5,9-11,20H,6-8H2,1H3,(H3,17,18)(H2,19,21). The lowest BCUT2D eigenvalue weighted by molar-refractivity contribution is -0.119. The maximum Gasteiger partial charge on any atom is 0.217 e. The summed E-state index contributed by atoms with van der Waals surface area (Å²) in [5.41, 5.74) is 13.1. The molecule has 0 aliphatic heterocycles. The van der Waals surface area contributed by atoms with E-state index in [0.717, 1.165) is 11.9 Å². The highest BCUT2D eigenvalue weighted by molar-refractivity contribution is 5.83. The van der Waals surface area contributed by atoms with Crippen LogP contribution in [0.4, 0.5) is 0 Å². The first-order chi connectivity index (χ1) is 9.97. The van der Waals surface area contributed by atoms with E-state index in [1.165, 1.54) is 10.9 Å². The van der Waals surface area contributed by atoms with Gasteiger partial charge in [0.05, 0.1) is 5.84 Å². The highest BCUT2D eigenvalue weighted by atomic mass is 16.1. The molecule has 0 aliphatic carbocycles. The van der Waals surface area contributed by atoms with Crippen LogP contribution in [-0.4, -0.2) is 16.7 Å². The Labute approximate surface area is 124 Å². The third-order valence-corrected chi connectivity index (χ3v) is 3.97. The first kappa shape index (κ1) is 15.1. The van der Waals surface area contributed by atoms with Gasteiger partial charge in [0.15, 0.2) is 0 Å². The van der Waals surface area contributed by atoms with Crippen molar-refractivity contribution in [1.29, 1.82) is 5.41 Å². The third kappa shape index (κ3) is 3.84. The maximum absolute atomic E-state index is 11.3. The summed E-state index contributed by atoms with van der Waals surface area (Å²) in [6.07, 6.45) is 3.54. The number of nitrogens with two attached hydrogens (primary N) is 2. The molecule has 2 atom stereocenters. The third-order valence-electron chi connectivity index (χ3n) is 3.97. The second-order valence-electron chi connectivity index (χ2n) is 5.70. The summed E-state index contributed by atoms with van der Waals surface area (Å²) in [6.45, 7) is 2.02. The summed E-state index contributed by atoms with van der Waals surface area (Å²) in [5, 5.41) is 8.61. The van der Waals surface area contributed by atoms with E-state index in [0.29, 0.717) is 12.8 Å². The van der Waals surface area contributed by atoms with Gasteiger partial charge < -0.3 is 16.5 Å². The van der Waals surface area contributed by atoms with Crippen LogP contribution in [0.5, 0.6) is 0 Å². The number of benzene rings is 1. The molecule has 1 amide bonds. The molecule has 0 aliphatic rings. The van der Waals surface area contributed by atoms with Gasteiger partial charge in [-0.25, -0.2) is 0 Å². The van der Waals surface area contributed by atoms with Gasteiger partial charge in [0, 0.05) is 29.9 Å². The molecule has 2 unspecified atom stereocenters. The largest absolute Gasteiger partial charge is 0.388 e. The number of hydrogen-bond acceptors (Lipinski definition) is 2. The van der Waals surface area contributed by atoms with E-state index in [9.17, 15) is 4.79 Å². The van der Waals surface area contributed by atoms with Gasteiger partial charge in [-0.2, -0.15) is 0 Å². The molecule has 1 heterocycles. The van der Waals surface area contributed by atoms with E-state index in [2.05, 4.69) is 11.1 Å². The summed E-state index contributed by atoms with van der Waals surface area (Å²) < 4.78 is 0. The number of carbonyl (C=O) groups is 1. The van der Waals surface area contributed by atoms with Crippen molar-refractivity contribution in [3.05, 3.63) is 36.0 Å². The van der Waals surface area contributed by atoms with E-state index < -0.39 is 0 Å². The molecule has 21 heavy (non-hydrogen) atoms. The summed E-state index contributed by atoms with van der Waals surface area (Å²) >= 11 is 0. The lowest BCUT2D eigenvalue weighted by Gasteiger charge is -2.22. The minimum absolute atomic E-state index is 0.0885. The van der Waals surface area contributed by atoms with Gasteiger partial charge in [-0.15, -0.1) is 0 Å². The zero-order valence-corrected chi connectivity index (χ0v) is 12.2. The number of aromatic nitrogens is 1. The van der Waals surface area contributed by atoms with Crippen molar-refractivity contribution in [3.8, 4) is 0 Å². The Morgan fingerprint density at radius 3 is 2.67 bits per heavy atom. The van der Waals surface area contributed by atoms with E-state index in [4.69, 9.17) is 16.9 Å². The van der Waals surface area contributed by atoms with Crippen molar-refractivity contribution in [2.24, 2.45) is 23.3 Å². The predicted octanol–water partition coefficient (Wildman–Crippen LogP) is 2.16. The molecule has 0 radical (unpaired) electrons. The van der Waals surface area contributed by atoms with Crippen LogP contribution in [0.3, 0.4) is 0 Å². The average molecular weight is 286 g/mol. The van der Waals surface area contributed by atoms with Gasteiger partial charge in [0.2, 0.25) is 5.91 Å². The van der Waals surface area contributed by atoms with Crippen LogP contribution in [0.2, 0.25) is 0 Å².